The molecule has 4 aromatic rings. The highest BCUT2D eigenvalue weighted by atomic mass is 32.1. The van der Waals surface area contributed by atoms with Crippen LogP contribution in [0.25, 0.3) is 32.2 Å². The van der Waals surface area contributed by atoms with Crippen LogP contribution in [0.3, 0.4) is 0 Å². The zero-order valence-corrected chi connectivity index (χ0v) is 17.8. The molecule has 2 N–H and O–H groups in total. The highest BCUT2D eigenvalue weighted by Gasteiger charge is 2.15. The normalized spacial score (nSPS) is 10.9. The van der Waals surface area contributed by atoms with Crippen molar-refractivity contribution in [1.29, 1.82) is 0 Å². The number of aromatic nitrogens is 2. The quantitative estimate of drug-likeness (QED) is 0.339. The first-order valence-electron chi connectivity index (χ1n) is 9.69. The van der Waals surface area contributed by atoms with Gasteiger partial charge in [0.1, 0.15) is 11.4 Å². The Kier molecular flexibility index (Phi) is 6.17. The highest BCUT2D eigenvalue weighted by Crippen LogP contribution is 2.35. The molecule has 7 heteroatoms. The number of fused-ring (bicyclic) bond motifs is 1. The molecular formula is C22H22N4OS2. The lowest BCUT2D eigenvalue weighted by molar-refractivity contribution is 0.252. The summed E-state index contributed by atoms with van der Waals surface area (Å²) in [6.07, 6.45) is 3.24. The number of nitrogens with zero attached hydrogens (tertiary/aromatic N) is 2. The fourth-order valence-electron chi connectivity index (χ4n) is 3.05. The van der Waals surface area contributed by atoms with Crippen molar-refractivity contribution in [3.8, 4) is 21.1 Å². The van der Waals surface area contributed by atoms with E-state index in [2.05, 4.69) is 29.7 Å². The van der Waals surface area contributed by atoms with Gasteiger partial charge in [-0.3, -0.25) is 0 Å². The molecule has 0 bridgehead atoms. The molecule has 4 rings (SSSR count). The van der Waals surface area contributed by atoms with Gasteiger partial charge in [-0.15, -0.1) is 22.7 Å². The average molecular weight is 423 g/mol. The van der Waals surface area contributed by atoms with Gasteiger partial charge in [-0.2, -0.15) is 0 Å². The van der Waals surface area contributed by atoms with E-state index < -0.39 is 0 Å². The van der Waals surface area contributed by atoms with Crippen molar-refractivity contribution < 1.29 is 4.79 Å². The third-order valence-electron chi connectivity index (χ3n) is 4.50. The molecule has 3 heterocycles. The number of hydrogen-bond donors (Lipinski definition) is 2. The Bertz CT molecular complexity index is 1090. The van der Waals surface area contributed by atoms with Gasteiger partial charge in [0.2, 0.25) is 0 Å². The molecule has 3 aromatic heterocycles. The molecule has 0 aliphatic carbocycles. The number of thiophene rings is 2. The number of benzene rings is 1. The Labute approximate surface area is 177 Å². The number of anilines is 1. The van der Waals surface area contributed by atoms with Gasteiger partial charge in [-0.1, -0.05) is 31.9 Å². The van der Waals surface area contributed by atoms with Crippen LogP contribution in [0, 0.1) is 0 Å². The maximum atomic E-state index is 12.1. The predicted octanol–water partition coefficient (Wildman–Crippen LogP) is 6.40. The second-order valence-electron chi connectivity index (χ2n) is 6.67. The summed E-state index contributed by atoms with van der Waals surface area (Å²) in [6.45, 7) is 2.82. The number of hydrogen-bond acceptors (Lipinski definition) is 5. The lowest BCUT2D eigenvalue weighted by Crippen LogP contribution is -2.29. The van der Waals surface area contributed by atoms with Crippen LogP contribution in [0.1, 0.15) is 26.2 Å². The Balaban J connectivity index is 1.63. The van der Waals surface area contributed by atoms with Crippen LogP contribution in [0.4, 0.5) is 10.5 Å². The highest BCUT2D eigenvalue weighted by molar-refractivity contribution is 7.14. The molecule has 0 saturated heterocycles. The largest absolute Gasteiger partial charge is 0.338 e. The first-order valence-corrected chi connectivity index (χ1v) is 11.4. The molecule has 0 fully saturated rings. The SMILES string of the molecule is CCCCCNC(=O)Nc1ccc2nc(-c3cccs3)c(-c3cccs3)nc2c1. The van der Waals surface area contributed by atoms with Gasteiger partial charge < -0.3 is 10.6 Å². The van der Waals surface area contributed by atoms with Crippen LogP contribution in [-0.2, 0) is 0 Å². The minimum atomic E-state index is -0.193. The number of nitrogens with one attached hydrogen (secondary N) is 2. The molecule has 0 spiro atoms. The summed E-state index contributed by atoms with van der Waals surface area (Å²) in [4.78, 5) is 24.1. The van der Waals surface area contributed by atoms with Crippen LogP contribution in [0.15, 0.2) is 53.2 Å². The summed E-state index contributed by atoms with van der Waals surface area (Å²) in [6, 6.07) is 13.6. The summed E-state index contributed by atoms with van der Waals surface area (Å²) in [5.41, 5.74) is 4.04. The topological polar surface area (TPSA) is 66.9 Å². The maximum absolute atomic E-state index is 12.1. The van der Waals surface area contributed by atoms with Gasteiger partial charge in [-0.25, -0.2) is 14.8 Å². The summed E-state index contributed by atoms with van der Waals surface area (Å²) in [7, 11) is 0. The van der Waals surface area contributed by atoms with Crippen molar-refractivity contribution >= 4 is 45.4 Å². The van der Waals surface area contributed by atoms with Crippen LogP contribution >= 0.6 is 22.7 Å². The Morgan fingerprint density at radius 2 is 1.62 bits per heavy atom. The number of rotatable bonds is 7. The summed E-state index contributed by atoms with van der Waals surface area (Å²) in [5, 5.41) is 9.88. The third-order valence-corrected chi connectivity index (χ3v) is 6.25. The van der Waals surface area contributed by atoms with Crippen molar-refractivity contribution in [2.45, 2.75) is 26.2 Å². The van der Waals surface area contributed by atoms with E-state index in [1.54, 1.807) is 22.7 Å². The van der Waals surface area contributed by atoms with Crippen LogP contribution in [0.2, 0.25) is 0 Å². The van der Waals surface area contributed by atoms with Crippen molar-refractivity contribution in [3.63, 3.8) is 0 Å². The van der Waals surface area contributed by atoms with E-state index in [4.69, 9.17) is 9.97 Å². The summed E-state index contributed by atoms with van der Waals surface area (Å²) >= 11 is 3.30. The standard InChI is InChI=1S/C22H22N4OS2/c1-2-3-4-11-23-22(27)24-15-9-10-16-17(14-15)26-21(19-8-6-13-29-19)20(25-16)18-7-5-12-28-18/h5-10,12-14H,2-4,11H2,1H3,(H2,23,24,27). The second-order valence-corrected chi connectivity index (χ2v) is 8.56. The minimum Gasteiger partial charge on any atom is -0.338 e. The Hall–Kier alpha value is -2.77. The number of urea groups is 1. The third kappa shape index (κ3) is 4.63. The number of carbonyl (C=O) groups excluding carboxylic acids is 1. The Morgan fingerprint density at radius 3 is 2.24 bits per heavy atom. The van der Waals surface area contributed by atoms with Gasteiger partial charge in [0, 0.05) is 12.2 Å². The molecule has 2 amide bonds. The van der Waals surface area contributed by atoms with Crippen molar-refractivity contribution in [3.05, 3.63) is 53.2 Å². The minimum absolute atomic E-state index is 0.193. The number of amides is 2. The molecular weight excluding hydrogens is 400 g/mol. The number of unbranched alkanes of at least 4 members (excludes halogenated alkanes) is 2. The second kappa shape index (κ2) is 9.15. The number of carbonyl (C=O) groups is 1. The Morgan fingerprint density at radius 1 is 0.931 bits per heavy atom. The fraction of sp³-hybridized carbons (Fsp3) is 0.227. The molecule has 0 saturated carbocycles. The lowest BCUT2D eigenvalue weighted by atomic mass is 10.2. The van der Waals surface area contributed by atoms with Crippen molar-refractivity contribution in [2.75, 3.05) is 11.9 Å². The first-order chi connectivity index (χ1) is 14.2. The predicted molar refractivity (Wildman–Crippen MR) is 123 cm³/mol. The monoisotopic (exact) mass is 422 g/mol. The lowest BCUT2D eigenvalue weighted by Gasteiger charge is -2.10. The van der Waals surface area contributed by atoms with Gasteiger partial charge in [0.25, 0.3) is 0 Å². The van der Waals surface area contributed by atoms with Gasteiger partial charge >= 0.3 is 6.03 Å². The molecule has 1 aromatic carbocycles. The van der Waals surface area contributed by atoms with Crippen molar-refractivity contribution in [1.82, 2.24) is 15.3 Å². The zero-order chi connectivity index (χ0) is 20.1. The molecule has 0 radical (unpaired) electrons. The smallest absolute Gasteiger partial charge is 0.319 e. The molecule has 5 nitrogen and oxygen atoms in total. The van der Waals surface area contributed by atoms with Gasteiger partial charge in [-0.05, 0) is 47.5 Å². The van der Waals surface area contributed by atoms with Crippen molar-refractivity contribution in [2.24, 2.45) is 0 Å². The molecule has 0 unspecified atom stereocenters. The molecule has 0 aliphatic heterocycles. The van der Waals surface area contributed by atoms with Gasteiger partial charge in [0.15, 0.2) is 0 Å². The molecule has 29 heavy (non-hydrogen) atoms. The maximum Gasteiger partial charge on any atom is 0.319 e. The molecule has 0 atom stereocenters. The van der Waals surface area contributed by atoms with E-state index in [0.29, 0.717) is 12.2 Å². The van der Waals surface area contributed by atoms with E-state index in [1.165, 1.54) is 0 Å². The van der Waals surface area contributed by atoms with Crippen LogP contribution in [-0.4, -0.2) is 22.5 Å². The zero-order valence-electron chi connectivity index (χ0n) is 16.1. The fourth-order valence-corrected chi connectivity index (χ4v) is 4.48. The van der Waals surface area contributed by atoms with Crippen LogP contribution < -0.4 is 10.6 Å². The summed E-state index contributed by atoms with van der Waals surface area (Å²) in [5.74, 6) is 0. The van der Waals surface area contributed by atoms with E-state index in [-0.39, 0.29) is 6.03 Å². The van der Waals surface area contributed by atoms with Crippen LogP contribution in [0.5, 0.6) is 0 Å². The van der Waals surface area contributed by atoms with E-state index in [1.807, 2.05) is 41.1 Å². The first kappa shape index (κ1) is 19.5. The summed E-state index contributed by atoms with van der Waals surface area (Å²) < 4.78 is 0. The average Bonchev–Trinajstić information content (AvgIpc) is 3.44. The van der Waals surface area contributed by atoms with E-state index >= 15 is 0 Å². The van der Waals surface area contributed by atoms with E-state index in [9.17, 15) is 4.79 Å². The molecule has 0 aliphatic rings. The van der Waals surface area contributed by atoms with Gasteiger partial charge in [0.05, 0.1) is 20.8 Å². The molecule has 148 valence electrons. The van der Waals surface area contributed by atoms with E-state index in [0.717, 1.165) is 51.4 Å².